The van der Waals surface area contributed by atoms with Gasteiger partial charge in [0, 0.05) is 0 Å². The Morgan fingerprint density at radius 1 is 1.00 bits per heavy atom. The van der Waals surface area contributed by atoms with Gasteiger partial charge in [-0.25, -0.2) is 0 Å². The largest absolute Gasteiger partial charge is 0.508 e. The highest BCUT2D eigenvalue weighted by Gasteiger charge is 2.66. The van der Waals surface area contributed by atoms with Gasteiger partial charge in [-0.2, -0.15) is 0 Å². The maximum absolute atomic E-state index is 12.9. The van der Waals surface area contributed by atoms with Gasteiger partial charge < -0.3 is 65.3 Å². The van der Waals surface area contributed by atoms with Gasteiger partial charge in [0.25, 0.3) is 0 Å². The third-order valence-corrected chi connectivity index (χ3v) is 5.97. The molecule has 0 aromatic heterocycles. The molecule has 2 aliphatic heterocycles. The van der Waals surface area contributed by atoms with Crippen molar-refractivity contribution in [3.63, 3.8) is 0 Å². The summed E-state index contributed by atoms with van der Waals surface area (Å²) in [4.78, 5) is 12.9. The van der Waals surface area contributed by atoms with E-state index >= 15 is 0 Å². The molecule has 0 amide bonds. The van der Waals surface area contributed by atoms with E-state index < -0.39 is 79.6 Å². The summed E-state index contributed by atoms with van der Waals surface area (Å²) in [7, 11) is 0. The lowest BCUT2D eigenvalue weighted by molar-refractivity contribution is -0.453. The van der Waals surface area contributed by atoms with Crippen LogP contribution in [-0.4, -0.2) is 131 Å². The van der Waals surface area contributed by atoms with Crippen molar-refractivity contribution in [2.75, 3.05) is 13.2 Å². The van der Waals surface area contributed by atoms with Crippen molar-refractivity contribution < 1.29 is 70.1 Å². The van der Waals surface area contributed by atoms with E-state index in [-0.39, 0.29) is 5.75 Å². The van der Waals surface area contributed by atoms with Crippen LogP contribution < -0.4 is 0 Å². The molecule has 1 aromatic rings. The standard InChI is InChI=1S/C21H28O14/c22-7-11-13(26)14(27)15(28)18(33-11)35-20(8-23)19(31)21(32,16(29)17(30)34-20)12(25)6-3-9-1-4-10(24)5-2-9/h1-6,11,13-19,22-24,26-32H,7-8H2/t11-,13-,14+,15-,16+,17?,18?,19-,20+,21-/m1/s1. The molecule has 0 spiro atoms. The van der Waals surface area contributed by atoms with Gasteiger partial charge in [-0.1, -0.05) is 18.2 Å². The maximum Gasteiger partial charge on any atom is 0.226 e. The fraction of sp³-hybridized carbons (Fsp3) is 0.571. The second-order valence-electron chi connectivity index (χ2n) is 8.26. The highest BCUT2D eigenvalue weighted by Crippen LogP contribution is 2.40. The smallest absolute Gasteiger partial charge is 0.226 e. The normalized spacial score (nSPS) is 42.3. The zero-order valence-corrected chi connectivity index (χ0v) is 18.1. The maximum atomic E-state index is 12.9. The number of phenols is 1. The van der Waals surface area contributed by atoms with Gasteiger partial charge in [0.15, 0.2) is 24.0 Å². The third-order valence-electron chi connectivity index (χ3n) is 5.97. The van der Waals surface area contributed by atoms with E-state index in [9.17, 15) is 55.9 Å². The Labute approximate surface area is 198 Å². The van der Waals surface area contributed by atoms with Crippen LogP contribution in [0.4, 0.5) is 0 Å². The number of benzene rings is 1. The summed E-state index contributed by atoms with van der Waals surface area (Å²) in [6.07, 6.45) is -14.7. The molecule has 196 valence electrons. The van der Waals surface area contributed by atoms with E-state index in [1.54, 1.807) is 0 Å². The summed E-state index contributed by atoms with van der Waals surface area (Å²) in [5.74, 6) is -4.30. The predicted octanol–water partition coefficient (Wildman–Crippen LogP) is -4.72. The Bertz CT molecular complexity index is 906. The van der Waals surface area contributed by atoms with Crippen LogP contribution in [0, 0.1) is 0 Å². The molecular formula is C21H28O14. The van der Waals surface area contributed by atoms with Crippen LogP contribution in [0.25, 0.3) is 6.08 Å². The van der Waals surface area contributed by atoms with Crippen molar-refractivity contribution in [3.05, 3.63) is 35.9 Å². The zero-order chi connectivity index (χ0) is 26.1. The van der Waals surface area contributed by atoms with Crippen molar-refractivity contribution >= 4 is 11.9 Å². The summed E-state index contributed by atoms with van der Waals surface area (Å²) in [5.41, 5.74) is -2.84. The Hall–Kier alpha value is -2.05. The van der Waals surface area contributed by atoms with Crippen LogP contribution in [-0.2, 0) is 19.0 Å². The second kappa shape index (κ2) is 10.5. The molecule has 14 heteroatoms. The van der Waals surface area contributed by atoms with Gasteiger partial charge >= 0.3 is 0 Å². The molecule has 2 fully saturated rings. The molecule has 0 aliphatic carbocycles. The highest BCUT2D eigenvalue weighted by molar-refractivity contribution is 6.01. The summed E-state index contributed by atoms with van der Waals surface area (Å²) in [5, 5.41) is 101. The molecule has 2 saturated heterocycles. The molecule has 3 rings (SSSR count). The molecule has 10 atom stereocenters. The van der Waals surface area contributed by atoms with E-state index in [4.69, 9.17) is 14.2 Å². The van der Waals surface area contributed by atoms with Gasteiger partial charge in [0.2, 0.25) is 5.79 Å². The monoisotopic (exact) mass is 504 g/mol. The number of ketones is 1. The van der Waals surface area contributed by atoms with Gasteiger partial charge in [-0.05, 0) is 23.8 Å². The fourth-order valence-electron chi connectivity index (χ4n) is 3.83. The van der Waals surface area contributed by atoms with E-state index in [0.717, 1.165) is 6.08 Å². The quantitative estimate of drug-likeness (QED) is 0.157. The number of rotatable bonds is 7. The average Bonchev–Trinajstić information content (AvgIpc) is 2.85. The van der Waals surface area contributed by atoms with Gasteiger partial charge in [0.1, 0.15) is 49.0 Å². The van der Waals surface area contributed by atoms with Gasteiger partial charge in [-0.3, -0.25) is 4.79 Å². The van der Waals surface area contributed by atoms with Gasteiger partial charge in [-0.15, -0.1) is 0 Å². The summed E-state index contributed by atoms with van der Waals surface area (Å²) >= 11 is 0. The molecule has 1 aromatic carbocycles. The minimum atomic E-state index is -3.22. The van der Waals surface area contributed by atoms with Gasteiger partial charge in [0.05, 0.1) is 6.61 Å². The highest BCUT2D eigenvalue weighted by atomic mass is 16.8. The number of hydrogen-bond donors (Lipinski definition) is 10. The van der Waals surface area contributed by atoms with Crippen LogP contribution in [0.3, 0.4) is 0 Å². The molecule has 2 aliphatic rings. The van der Waals surface area contributed by atoms with Crippen LogP contribution in [0.5, 0.6) is 5.75 Å². The average molecular weight is 504 g/mol. The van der Waals surface area contributed by atoms with E-state index in [1.165, 1.54) is 30.3 Å². The first-order chi connectivity index (χ1) is 16.4. The zero-order valence-electron chi connectivity index (χ0n) is 18.1. The number of aliphatic hydroxyl groups excluding tert-OH is 8. The van der Waals surface area contributed by atoms with Crippen LogP contribution in [0.2, 0.25) is 0 Å². The predicted molar refractivity (Wildman–Crippen MR) is 111 cm³/mol. The van der Waals surface area contributed by atoms with E-state index in [2.05, 4.69) is 0 Å². The number of carbonyl (C=O) groups is 1. The lowest BCUT2D eigenvalue weighted by atomic mass is 9.78. The van der Waals surface area contributed by atoms with E-state index in [0.29, 0.717) is 5.56 Å². The second-order valence-corrected chi connectivity index (χ2v) is 8.26. The first kappa shape index (κ1) is 27.5. The molecule has 35 heavy (non-hydrogen) atoms. The number of carbonyl (C=O) groups excluding carboxylic acids is 1. The number of aliphatic hydroxyl groups is 9. The number of aromatic hydroxyl groups is 1. The minimum absolute atomic E-state index is 0.0522. The molecule has 2 unspecified atom stereocenters. The van der Waals surface area contributed by atoms with Crippen molar-refractivity contribution in [3.8, 4) is 5.75 Å². The molecule has 0 bridgehead atoms. The Kier molecular flexibility index (Phi) is 8.27. The first-order valence-corrected chi connectivity index (χ1v) is 10.5. The summed E-state index contributed by atoms with van der Waals surface area (Å²) in [6, 6.07) is 5.45. The molecule has 10 N–H and O–H groups in total. The Balaban J connectivity index is 1.91. The van der Waals surface area contributed by atoms with Crippen molar-refractivity contribution in [2.45, 2.75) is 60.6 Å². The van der Waals surface area contributed by atoms with Crippen LogP contribution >= 0.6 is 0 Å². The number of ether oxygens (including phenoxy) is 3. The van der Waals surface area contributed by atoms with Crippen molar-refractivity contribution in [1.29, 1.82) is 0 Å². The lowest BCUT2D eigenvalue weighted by Crippen LogP contribution is -2.76. The molecule has 0 saturated carbocycles. The third kappa shape index (κ3) is 4.97. The lowest BCUT2D eigenvalue weighted by Gasteiger charge is -2.52. The summed E-state index contributed by atoms with van der Waals surface area (Å²) in [6.45, 7) is -2.21. The molecule has 14 nitrogen and oxygen atoms in total. The molecule has 2 heterocycles. The first-order valence-electron chi connectivity index (χ1n) is 10.5. The van der Waals surface area contributed by atoms with Crippen molar-refractivity contribution in [1.82, 2.24) is 0 Å². The topological polar surface area (TPSA) is 247 Å². The fourth-order valence-corrected chi connectivity index (χ4v) is 3.83. The number of phenolic OH excluding ortho intramolecular Hbond substituents is 1. The molecular weight excluding hydrogens is 476 g/mol. The Morgan fingerprint density at radius 2 is 1.63 bits per heavy atom. The SMILES string of the molecule is O=C(C=Cc1ccc(O)cc1)[C@]1(O)[C@H](O)[C@](CO)(OC2O[C@H](CO)[C@@H](O)[C@H](O)[C@H]2O)OC(O)[C@@H]1O. The molecule has 0 radical (unpaired) electrons. The van der Waals surface area contributed by atoms with Crippen LogP contribution in [0.15, 0.2) is 30.3 Å². The van der Waals surface area contributed by atoms with Crippen LogP contribution in [0.1, 0.15) is 5.56 Å². The minimum Gasteiger partial charge on any atom is -0.508 e. The number of hydrogen-bond acceptors (Lipinski definition) is 14. The summed E-state index contributed by atoms with van der Waals surface area (Å²) < 4.78 is 15.4. The van der Waals surface area contributed by atoms with Crippen molar-refractivity contribution in [2.24, 2.45) is 0 Å². The van der Waals surface area contributed by atoms with E-state index in [1.807, 2.05) is 0 Å². The Morgan fingerprint density at radius 3 is 2.20 bits per heavy atom.